The number of thiazole rings is 1. The number of aryl methyl sites for hydroxylation is 1. The Morgan fingerprint density at radius 1 is 1.11 bits per heavy atom. The summed E-state index contributed by atoms with van der Waals surface area (Å²) in [4.78, 5) is 25.7. The third kappa shape index (κ3) is 4.61. The van der Waals surface area contributed by atoms with E-state index in [1.165, 1.54) is 11.3 Å². The fourth-order valence-electron chi connectivity index (χ4n) is 4.47. The monoisotopic (exact) mass is 506 g/mol. The largest absolute Gasteiger partial charge is 0.396 e. The number of carbonyl (C=O) groups is 1. The zero-order valence-electron chi connectivity index (χ0n) is 19.4. The minimum atomic E-state index is -1.08. The summed E-state index contributed by atoms with van der Waals surface area (Å²) in [6.45, 7) is 1.61. The first-order valence-electron chi connectivity index (χ1n) is 11.5. The molecule has 0 spiro atoms. The predicted molar refractivity (Wildman–Crippen MR) is 138 cm³/mol. The Morgan fingerprint density at radius 3 is 2.64 bits per heavy atom. The number of amides is 1. The molecule has 5 rings (SSSR count). The number of hydrogen-bond donors (Lipinski definition) is 6. The van der Waals surface area contributed by atoms with E-state index in [9.17, 15) is 20.1 Å². The number of nitrogens with one attached hydrogen (secondary N) is 2. The Bertz CT molecular complexity index is 1390. The SMILES string of the molecule is Cc1nc(Nc2cccc(C(N)=O)c2)nc(NC2CC(CO)C(O)C2O)c1-c1nc2ccccc2s1. The molecule has 0 radical (unpaired) electrons. The maximum Gasteiger partial charge on any atom is 0.248 e. The first kappa shape index (κ1) is 24.1. The third-order valence-electron chi connectivity index (χ3n) is 6.36. The van der Waals surface area contributed by atoms with Crippen LogP contribution < -0.4 is 16.4 Å². The third-order valence-corrected chi connectivity index (χ3v) is 7.41. The molecule has 1 amide bonds. The van der Waals surface area contributed by atoms with Crippen molar-refractivity contribution in [1.82, 2.24) is 15.0 Å². The van der Waals surface area contributed by atoms with Gasteiger partial charge in [-0.1, -0.05) is 18.2 Å². The van der Waals surface area contributed by atoms with Gasteiger partial charge >= 0.3 is 0 Å². The Morgan fingerprint density at radius 2 is 1.92 bits per heavy atom. The Kier molecular flexibility index (Phi) is 6.54. The molecule has 0 bridgehead atoms. The topological polar surface area (TPSA) is 167 Å². The van der Waals surface area contributed by atoms with Gasteiger partial charge in [0.25, 0.3) is 0 Å². The zero-order chi connectivity index (χ0) is 25.4. The second-order valence-corrected chi connectivity index (χ2v) is 9.85. The molecule has 1 fully saturated rings. The molecule has 10 nitrogen and oxygen atoms in total. The van der Waals surface area contributed by atoms with Crippen LogP contribution in [0, 0.1) is 12.8 Å². The summed E-state index contributed by atoms with van der Waals surface area (Å²) in [5.41, 5.74) is 8.51. The summed E-state index contributed by atoms with van der Waals surface area (Å²) in [7, 11) is 0. The number of aliphatic hydroxyl groups excluding tert-OH is 3. The van der Waals surface area contributed by atoms with Crippen molar-refractivity contribution in [1.29, 1.82) is 0 Å². The molecule has 1 aliphatic rings. The van der Waals surface area contributed by atoms with E-state index in [2.05, 4.69) is 20.6 Å². The van der Waals surface area contributed by atoms with Crippen molar-refractivity contribution >= 4 is 44.9 Å². The van der Waals surface area contributed by atoms with Crippen LogP contribution in [-0.2, 0) is 0 Å². The minimum Gasteiger partial charge on any atom is -0.396 e. The quantitative estimate of drug-likeness (QED) is 0.221. The number of aliphatic hydroxyl groups is 3. The van der Waals surface area contributed by atoms with Crippen molar-refractivity contribution in [2.75, 3.05) is 17.2 Å². The van der Waals surface area contributed by atoms with E-state index in [4.69, 9.17) is 10.7 Å². The summed E-state index contributed by atoms with van der Waals surface area (Å²) in [6.07, 6.45) is -1.76. The zero-order valence-corrected chi connectivity index (χ0v) is 20.2. The molecular formula is C25H26N6O4S. The van der Waals surface area contributed by atoms with Crippen molar-refractivity contribution in [2.24, 2.45) is 11.7 Å². The highest BCUT2D eigenvalue weighted by Gasteiger charge is 2.41. The van der Waals surface area contributed by atoms with Crippen molar-refractivity contribution in [3.8, 4) is 10.6 Å². The fraction of sp³-hybridized carbons (Fsp3) is 0.280. The van der Waals surface area contributed by atoms with Gasteiger partial charge in [0.15, 0.2) is 0 Å². The average Bonchev–Trinajstić information content (AvgIpc) is 3.40. The summed E-state index contributed by atoms with van der Waals surface area (Å²) >= 11 is 1.50. The summed E-state index contributed by atoms with van der Waals surface area (Å²) in [5.74, 6) is -0.282. The van der Waals surface area contributed by atoms with Gasteiger partial charge in [-0.2, -0.15) is 4.98 Å². The highest BCUT2D eigenvalue weighted by Crippen LogP contribution is 2.38. The first-order chi connectivity index (χ1) is 17.3. The lowest BCUT2D eigenvalue weighted by Crippen LogP contribution is -2.35. The van der Waals surface area contributed by atoms with Crippen LogP contribution in [0.1, 0.15) is 22.5 Å². The van der Waals surface area contributed by atoms with E-state index in [1.54, 1.807) is 24.3 Å². The molecule has 4 atom stereocenters. The summed E-state index contributed by atoms with van der Waals surface area (Å²) in [6, 6.07) is 14.0. The molecule has 0 aliphatic heterocycles. The number of carbonyl (C=O) groups excluding carboxylic acids is 1. The van der Waals surface area contributed by atoms with Crippen LogP contribution in [0.3, 0.4) is 0 Å². The van der Waals surface area contributed by atoms with Crippen molar-refractivity contribution in [2.45, 2.75) is 31.6 Å². The second kappa shape index (κ2) is 9.78. The molecule has 186 valence electrons. The highest BCUT2D eigenvalue weighted by molar-refractivity contribution is 7.21. The molecule has 1 aliphatic carbocycles. The van der Waals surface area contributed by atoms with Gasteiger partial charge in [0.05, 0.1) is 33.6 Å². The van der Waals surface area contributed by atoms with Crippen LogP contribution in [0.2, 0.25) is 0 Å². The van der Waals surface area contributed by atoms with Gasteiger partial charge in [-0.15, -0.1) is 11.3 Å². The molecule has 4 aromatic rings. The number of rotatable bonds is 7. The Balaban J connectivity index is 1.56. The number of nitrogens with zero attached hydrogens (tertiary/aromatic N) is 3. The standard InChI is InChI=1S/C25H26N6O4S/c1-12-19(24-30-16-7-2-3-8-18(16)36-24)23(29-17-10-14(11-32)20(33)21(17)34)31-25(27-12)28-15-6-4-5-13(9-15)22(26)35/h2-9,14,17,20-21,32-34H,10-11H2,1H3,(H2,26,35)(H2,27,28,29,31). The second-order valence-electron chi connectivity index (χ2n) is 8.82. The van der Waals surface area contributed by atoms with Crippen molar-refractivity contribution in [3.63, 3.8) is 0 Å². The molecule has 11 heteroatoms. The molecule has 0 saturated heterocycles. The smallest absolute Gasteiger partial charge is 0.248 e. The van der Waals surface area contributed by atoms with Crippen LogP contribution >= 0.6 is 11.3 Å². The molecule has 2 heterocycles. The maximum atomic E-state index is 11.6. The lowest BCUT2D eigenvalue weighted by Gasteiger charge is -2.21. The number of aromatic nitrogens is 3. The van der Waals surface area contributed by atoms with Gasteiger partial charge in [0.1, 0.15) is 16.9 Å². The molecular weight excluding hydrogens is 480 g/mol. The number of benzene rings is 2. The number of para-hydroxylation sites is 1. The van der Waals surface area contributed by atoms with E-state index >= 15 is 0 Å². The van der Waals surface area contributed by atoms with Crippen LogP contribution in [0.4, 0.5) is 17.5 Å². The van der Waals surface area contributed by atoms with Gasteiger partial charge in [-0.05, 0) is 43.7 Å². The summed E-state index contributed by atoms with van der Waals surface area (Å²) < 4.78 is 1.01. The molecule has 36 heavy (non-hydrogen) atoms. The Hall–Kier alpha value is -3.64. The van der Waals surface area contributed by atoms with Gasteiger partial charge in [-0.25, -0.2) is 9.97 Å². The maximum absolute atomic E-state index is 11.6. The first-order valence-corrected chi connectivity index (χ1v) is 12.3. The van der Waals surface area contributed by atoms with E-state index in [0.717, 1.165) is 10.2 Å². The van der Waals surface area contributed by atoms with Gasteiger partial charge < -0.3 is 31.7 Å². The van der Waals surface area contributed by atoms with Gasteiger partial charge in [0, 0.05) is 23.8 Å². The number of nitrogens with two attached hydrogens (primary N) is 1. The van der Waals surface area contributed by atoms with E-state index in [-0.39, 0.29) is 12.6 Å². The van der Waals surface area contributed by atoms with E-state index < -0.39 is 30.1 Å². The van der Waals surface area contributed by atoms with Crippen LogP contribution in [0.15, 0.2) is 48.5 Å². The number of anilines is 3. The minimum absolute atomic E-state index is 0.229. The fourth-order valence-corrected chi connectivity index (χ4v) is 5.54. The average molecular weight is 507 g/mol. The highest BCUT2D eigenvalue weighted by atomic mass is 32.1. The number of hydrogen-bond acceptors (Lipinski definition) is 10. The van der Waals surface area contributed by atoms with Crippen LogP contribution in [-0.4, -0.2) is 61.0 Å². The van der Waals surface area contributed by atoms with Crippen LogP contribution in [0.5, 0.6) is 0 Å². The lowest BCUT2D eigenvalue weighted by atomic mass is 10.1. The molecule has 1 saturated carbocycles. The molecule has 2 aromatic carbocycles. The molecule has 4 unspecified atom stereocenters. The lowest BCUT2D eigenvalue weighted by molar-refractivity contribution is 0.00446. The summed E-state index contributed by atoms with van der Waals surface area (Å²) in [5, 5.41) is 37.6. The number of primary amides is 1. The molecule has 2 aromatic heterocycles. The van der Waals surface area contributed by atoms with Gasteiger partial charge in [-0.3, -0.25) is 4.79 Å². The van der Waals surface area contributed by atoms with Crippen molar-refractivity contribution < 1.29 is 20.1 Å². The predicted octanol–water partition coefficient (Wildman–Crippen LogP) is 2.42. The van der Waals surface area contributed by atoms with Gasteiger partial charge in [0.2, 0.25) is 11.9 Å². The van der Waals surface area contributed by atoms with E-state index in [0.29, 0.717) is 39.8 Å². The normalized spacial score (nSPS) is 21.6. The van der Waals surface area contributed by atoms with E-state index in [1.807, 2.05) is 31.2 Å². The molecule has 7 N–H and O–H groups in total. The number of fused-ring (bicyclic) bond motifs is 1. The Labute approximate surface area is 210 Å². The van der Waals surface area contributed by atoms with Crippen molar-refractivity contribution in [3.05, 3.63) is 59.8 Å². The van der Waals surface area contributed by atoms with Crippen LogP contribution in [0.25, 0.3) is 20.8 Å².